The molecule has 9 aromatic rings. The van der Waals surface area contributed by atoms with Gasteiger partial charge in [0, 0.05) is 43.7 Å². The zero-order valence-corrected chi connectivity index (χ0v) is 24.7. The first kappa shape index (κ1) is 24.2. The number of aryl methyl sites for hydroxylation is 1. The lowest BCUT2D eigenvalue weighted by Gasteiger charge is -2.18. The van der Waals surface area contributed by atoms with E-state index in [4.69, 9.17) is 4.98 Å². The number of para-hydroxylation sites is 2. The normalized spacial score (nSPS) is 13.2. The van der Waals surface area contributed by atoms with Gasteiger partial charge in [0.05, 0.1) is 21.4 Å². The van der Waals surface area contributed by atoms with E-state index in [0.717, 1.165) is 24.1 Å². The molecule has 3 aromatic heterocycles. The van der Waals surface area contributed by atoms with Gasteiger partial charge in [-0.2, -0.15) is 0 Å². The Balaban J connectivity index is 1.18. The molecule has 206 valence electrons. The minimum atomic E-state index is 1.01. The van der Waals surface area contributed by atoms with Gasteiger partial charge in [0.15, 0.2) is 0 Å². The van der Waals surface area contributed by atoms with Crippen molar-refractivity contribution in [1.29, 1.82) is 0 Å². The van der Waals surface area contributed by atoms with E-state index in [9.17, 15) is 0 Å². The molecule has 0 saturated heterocycles. The number of thiophene rings is 1. The van der Waals surface area contributed by atoms with Gasteiger partial charge in [0.1, 0.15) is 0 Å². The molecule has 0 saturated carbocycles. The Bertz CT molecular complexity index is 2620. The first-order valence-corrected chi connectivity index (χ1v) is 16.1. The maximum absolute atomic E-state index is 4.99. The molecule has 0 amide bonds. The lowest BCUT2D eigenvalue weighted by molar-refractivity contribution is 1.00. The van der Waals surface area contributed by atoms with Crippen LogP contribution in [-0.2, 0) is 6.42 Å². The van der Waals surface area contributed by atoms with Crippen LogP contribution in [0, 0.1) is 0 Å². The Labute approximate surface area is 258 Å². The van der Waals surface area contributed by atoms with Gasteiger partial charge in [-0.05, 0) is 88.0 Å². The number of pyridine rings is 1. The second-order valence-corrected chi connectivity index (χ2v) is 12.9. The van der Waals surface area contributed by atoms with Crippen LogP contribution >= 0.6 is 11.3 Å². The molecule has 0 fully saturated rings. The molecular weight excluding hydrogens is 553 g/mol. The fourth-order valence-electron chi connectivity index (χ4n) is 7.51. The van der Waals surface area contributed by atoms with Crippen molar-refractivity contribution in [3.8, 4) is 16.9 Å². The van der Waals surface area contributed by atoms with E-state index in [1.54, 1.807) is 0 Å². The number of rotatable bonds is 2. The minimum Gasteiger partial charge on any atom is -0.309 e. The summed E-state index contributed by atoms with van der Waals surface area (Å²) in [5.74, 6) is 0. The number of hydrogen-bond donors (Lipinski definition) is 0. The Morgan fingerprint density at radius 2 is 1.30 bits per heavy atom. The van der Waals surface area contributed by atoms with Crippen LogP contribution in [0.15, 0.2) is 128 Å². The van der Waals surface area contributed by atoms with E-state index < -0.39 is 0 Å². The van der Waals surface area contributed by atoms with Crippen molar-refractivity contribution < 1.29 is 0 Å². The van der Waals surface area contributed by atoms with Crippen LogP contribution in [0.1, 0.15) is 17.5 Å². The first-order chi connectivity index (χ1) is 21.8. The minimum absolute atomic E-state index is 1.01. The van der Waals surface area contributed by atoms with Gasteiger partial charge < -0.3 is 4.57 Å². The Kier molecular flexibility index (Phi) is 5.02. The van der Waals surface area contributed by atoms with E-state index in [1.165, 1.54) is 80.3 Å². The Morgan fingerprint density at radius 3 is 2.11 bits per heavy atom. The third-order valence-electron chi connectivity index (χ3n) is 9.50. The lowest BCUT2D eigenvalue weighted by atomic mass is 9.86. The van der Waals surface area contributed by atoms with Crippen LogP contribution in [0.4, 0.5) is 0 Å². The van der Waals surface area contributed by atoms with Crippen LogP contribution in [0.5, 0.6) is 0 Å². The topological polar surface area (TPSA) is 17.8 Å². The molecule has 0 aliphatic heterocycles. The number of allylic oxidation sites excluding steroid dienone is 1. The van der Waals surface area contributed by atoms with Crippen LogP contribution < -0.4 is 0 Å². The molecule has 0 N–H and O–H groups in total. The number of benzene rings is 6. The number of nitrogens with zero attached hydrogens (tertiary/aromatic N) is 2. The van der Waals surface area contributed by atoms with E-state index in [2.05, 4.69) is 138 Å². The van der Waals surface area contributed by atoms with Crippen LogP contribution in [0.3, 0.4) is 0 Å². The molecule has 0 spiro atoms. The highest BCUT2D eigenvalue weighted by atomic mass is 32.1. The van der Waals surface area contributed by atoms with Crippen molar-refractivity contribution in [3.63, 3.8) is 0 Å². The predicted molar refractivity (Wildman–Crippen MR) is 189 cm³/mol. The number of aromatic nitrogens is 2. The SMILES string of the molecule is C1=Cc2c(c3ccccc3c3cc(-c4cc5c(cn4)sc4ccc(-n6c7ccccc7c7ccccc76)cc45)ccc23)CC1. The fourth-order valence-corrected chi connectivity index (χ4v) is 8.54. The second kappa shape index (κ2) is 9.12. The van der Waals surface area contributed by atoms with Gasteiger partial charge in [0.2, 0.25) is 0 Å². The van der Waals surface area contributed by atoms with Crippen molar-refractivity contribution in [2.24, 2.45) is 0 Å². The monoisotopic (exact) mass is 578 g/mol. The zero-order valence-electron chi connectivity index (χ0n) is 23.9. The van der Waals surface area contributed by atoms with Crippen molar-refractivity contribution in [2.45, 2.75) is 12.8 Å². The summed E-state index contributed by atoms with van der Waals surface area (Å²) in [6.45, 7) is 0. The van der Waals surface area contributed by atoms with Crippen molar-refractivity contribution in [2.75, 3.05) is 0 Å². The van der Waals surface area contributed by atoms with Gasteiger partial charge in [-0.3, -0.25) is 4.98 Å². The third kappa shape index (κ3) is 3.39. The predicted octanol–water partition coefficient (Wildman–Crippen LogP) is 11.5. The summed E-state index contributed by atoms with van der Waals surface area (Å²) < 4.78 is 4.90. The molecule has 0 radical (unpaired) electrons. The van der Waals surface area contributed by atoms with Gasteiger partial charge in [-0.25, -0.2) is 0 Å². The summed E-state index contributed by atoms with van der Waals surface area (Å²) >= 11 is 1.82. The van der Waals surface area contributed by atoms with E-state index in [1.807, 2.05) is 11.3 Å². The molecule has 2 nitrogen and oxygen atoms in total. The molecule has 44 heavy (non-hydrogen) atoms. The summed E-state index contributed by atoms with van der Waals surface area (Å²) in [4.78, 5) is 4.99. The average molecular weight is 579 g/mol. The van der Waals surface area contributed by atoms with Crippen LogP contribution in [-0.4, -0.2) is 9.55 Å². The van der Waals surface area contributed by atoms with E-state index in [0.29, 0.717) is 0 Å². The molecule has 10 rings (SSSR count). The van der Waals surface area contributed by atoms with Gasteiger partial charge in [0.25, 0.3) is 0 Å². The molecule has 3 heteroatoms. The summed E-state index contributed by atoms with van der Waals surface area (Å²) in [7, 11) is 0. The molecule has 0 atom stereocenters. The summed E-state index contributed by atoms with van der Waals surface area (Å²) in [5.41, 5.74) is 8.67. The molecule has 1 aliphatic rings. The largest absolute Gasteiger partial charge is 0.309 e. The third-order valence-corrected chi connectivity index (χ3v) is 10.6. The van der Waals surface area contributed by atoms with Crippen molar-refractivity contribution in [1.82, 2.24) is 9.55 Å². The number of hydrogen-bond acceptors (Lipinski definition) is 2. The highest BCUT2D eigenvalue weighted by Crippen LogP contribution is 2.41. The second-order valence-electron chi connectivity index (χ2n) is 11.9. The maximum atomic E-state index is 4.99. The summed E-state index contributed by atoms with van der Waals surface area (Å²) in [6, 6.07) is 42.4. The average Bonchev–Trinajstić information content (AvgIpc) is 3.63. The standard InChI is InChI=1S/C41H26N2S/c1-2-11-29-27(9-1)28-10-3-4-12-30(28)34-21-25(17-19-31(29)34)37-23-36-35-22-26(18-20-40(35)44-41(36)24-42-37)43-38-15-7-5-13-32(38)33-14-6-8-16-39(33)43/h2-8,10-24H,1,9H2. The molecule has 3 heterocycles. The van der Waals surface area contributed by atoms with Gasteiger partial charge in [-0.1, -0.05) is 84.9 Å². The quantitative estimate of drug-likeness (QED) is 0.187. The number of fused-ring (bicyclic) bond motifs is 12. The van der Waals surface area contributed by atoms with E-state index >= 15 is 0 Å². The highest BCUT2D eigenvalue weighted by molar-refractivity contribution is 7.25. The zero-order chi connectivity index (χ0) is 28.8. The maximum Gasteiger partial charge on any atom is 0.0709 e. The van der Waals surface area contributed by atoms with Gasteiger partial charge >= 0.3 is 0 Å². The van der Waals surface area contributed by atoms with Crippen molar-refractivity contribution in [3.05, 3.63) is 139 Å². The highest BCUT2D eigenvalue weighted by Gasteiger charge is 2.17. The Hall–Kier alpha value is -5.25. The van der Waals surface area contributed by atoms with E-state index in [-0.39, 0.29) is 0 Å². The lowest BCUT2D eigenvalue weighted by Crippen LogP contribution is -1.98. The summed E-state index contributed by atoms with van der Waals surface area (Å²) in [5, 5.41) is 10.4. The smallest absolute Gasteiger partial charge is 0.0709 e. The van der Waals surface area contributed by atoms with Crippen LogP contribution in [0.2, 0.25) is 0 Å². The Morgan fingerprint density at radius 1 is 0.568 bits per heavy atom. The first-order valence-electron chi connectivity index (χ1n) is 15.3. The van der Waals surface area contributed by atoms with Crippen LogP contribution in [0.25, 0.3) is 86.5 Å². The van der Waals surface area contributed by atoms with Gasteiger partial charge in [-0.15, -0.1) is 11.3 Å². The molecule has 0 bridgehead atoms. The molecule has 0 unspecified atom stereocenters. The molecular formula is C41H26N2S. The molecule has 6 aromatic carbocycles. The summed E-state index contributed by atoms with van der Waals surface area (Å²) in [6.07, 6.45) is 8.91. The molecule has 1 aliphatic carbocycles. The van der Waals surface area contributed by atoms with Crippen molar-refractivity contribution >= 4 is 80.9 Å². The fraction of sp³-hybridized carbons (Fsp3) is 0.0488.